The third-order valence-corrected chi connectivity index (χ3v) is 7.44. The van der Waals surface area contributed by atoms with Crippen LogP contribution in [0.1, 0.15) is 30.0 Å². The van der Waals surface area contributed by atoms with E-state index in [9.17, 15) is 18.0 Å². The van der Waals surface area contributed by atoms with E-state index >= 15 is 0 Å². The molecule has 0 saturated heterocycles. The molecule has 0 unspecified atom stereocenters. The van der Waals surface area contributed by atoms with Gasteiger partial charge in [-0.3, -0.25) is 13.9 Å². The van der Waals surface area contributed by atoms with Gasteiger partial charge in [-0.05, 0) is 48.7 Å². The smallest absolute Gasteiger partial charge is 0.244 e. The molecule has 0 aromatic heterocycles. The zero-order chi connectivity index (χ0) is 27.7. The molecule has 0 saturated carbocycles. The predicted molar refractivity (Wildman–Crippen MR) is 153 cm³/mol. The lowest BCUT2D eigenvalue weighted by Gasteiger charge is -2.33. The van der Waals surface area contributed by atoms with Crippen molar-refractivity contribution in [1.82, 2.24) is 10.2 Å². The summed E-state index contributed by atoms with van der Waals surface area (Å²) in [5.74, 6) is -0.795. The molecule has 0 aliphatic rings. The number of amides is 2. The highest BCUT2D eigenvalue weighted by Gasteiger charge is 2.32. The van der Waals surface area contributed by atoms with Gasteiger partial charge in [0.15, 0.2) is 0 Å². The first-order valence-electron chi connectivity index (χ1n) is 12.5. The summed E-state index contributed by atoms with van der Waals surface area (Å²) in [7, 11) is -3.79. The molecule has 2 amide bonds. The molecule has 0 radical (unpaired) electrons. The van der Waals surface area contributed by atoms with Crippen LogP contribution in [-0.2, 0) is 32.6 Å². The minimum Gasteiger partial charge on any atom is -0.354 e. The Hall–Kier alpha value is -3.36. The van der Waals surface area contributed by atoms with Crippen LogP contribution in [0.5, 0.6) is 0 Å². The summed E-state index contributed by atoms with van der Waals surface area (Å²) in [6.07, 6.45) is 2.07. The number of anilines is 1. The van der Waals surface area contributed by atoms with Crippen LogP contribution in [-0.4, -0.2) is 50.5 Å². The highest BCUT2D eigenvalue weighted by Crippen LogP contribution is 2.21. The second-order valence-electron chi connectivity index (χ2n) is 9.25. The lowest BCUT2D eigenvalue weighted by molar-refractivity contribution is -0.140. The van der Waals surface area contributed by atoms with Crippen LogP contribution in [0.3, 0.4) is 0 Å². The van der Waals surface area contributed by atoms with Gasteiger partial charge in [0.1, 0.15) is 12.6 Å². The van der Waals surface area contributed by atoms with Gasteiger partial charge >= 0.3 is 0 Å². The molecule has 0 heterocycles. The number of nitrogens with one attached hydrogen (secondary N) is 1. The standard InChI is InChI=1S/C29H34ClN3O4S/c1-4-17-31-29(35)27(19-23-9-6-5-7-10-23)32(20-24-11-8-12-25(30)18-24)28(34)21-33(38(3,36)37)26-15-13-22(2)14-16-26/h5-16,18,27H,4,17,19-21H2,1-3H3,(H,31,35)/t27-/m0/s1. The van der Waals surface area contributed by atoms with Gasteiger partial charge in [0, 0.05) is 24.5 Å². The monoisotopic (exact) mass is 555 g/mol. The van der Waals surface area contributed by atoms with Crippen molar-refractivity contribution in [1.29, 1.82) is 0 Å². The van der Waals surface area contributed by atoms with Crippen molar-refractivity contribution in [2.45, 2.75) is 39.3 Å². The molecule has 0 spiro atoms. The van der Waals surface area contributed by atoms with E-state index in [0.717, 1.165) is 33.7 Å². The second kappa shape index (κ2) is 13.4. The van der Waals surface area contributed by atoms with E-state index in [0.29, 0.717) is 17.3 Å². The summed E-state index contributed by atoms with van der Waals surface area (Å²) in [4.78, 5) is 28.8. The Labute approximate surface area is 230 Å². The maximum atomic E-state index is 13.9. The molecule has 1 N–H and O–H groups in total. The fraction of sp³-hybridized carbons (Fsp3) is 0.310. The average molecular weight is 556 g/mol. The molecule has 1 atom stereocenters. The normalized spacial score (nSPS) is 12.0. The summed E-state index contributed by atoms with van der Waals surface area (Å²) >= 11 is 6.21. The number of carbonyl (C=O) groups excluding carboxylic acids is 2. The summed E-state index contributed by atoms with van der Waals surface area (Å²) in [5, 5.41) is 3.42. The van der Waals surface area contributed by atoms with Crippen molar-refractivity contribution >= 4 is 39.1 Å². The van der Waals surface area contributed by atoms with Crippen molar-refractivity contribution in [2.75, 3.05) is 23.7 Å². The van der Waals surface area contributed by atoms with Crippen molar-refractivity contribution in [3.63, 3.8) is 0 Å². The van der Waals surface area contributed by atoms with Crippen molar-refractivity contribution < 1.29 is 18.0 Å². The first kappa shape index (κ1) is 29.2. The average Bonchev–Trinajstić information content (AvgIpc) is 2.88. The van der Waals surface area contributed by atoms with Crippen LogP contribution >= 0.6 is 11.6 Å². The maximum Gasteiger partial charge on any atom is 0.244 e. The molecule has 202 valence electrons. The predicted octanol–water partition coefficient (Wildman–Crippen LogP) is 4.58. The Morgan fingerprint density at radius 2 is 1.61 bits per heavy atom. The molecular formula is C29H34ClN3O4S. The molecule has 0 bridgehead atoms. The Morgan fingerprint density at radius 3 is 2.21 bits per heavy atom. The minimum atomic E-state index is -3.79. The number of hydrogen-bond donors (Lipinski definition) is 1. The van der Waals surface area contributed by atoms with Crippen LogP contribution in [0, 0.1) is 6.92 Å². The molecule has 3 aromatic carbocycles. The molecule has 0 aliphatic heterocycles. The minimum absolute atomic E-state index is 0.0853. The molecule has 9 heteroatoms. The van der Waals surface area contributed by atoms with Gasteiger partial charge in [0.2, 0.25) is 21.8 Å². The Balaban J connectivity index is 2.03. The van der Waals surface area contributed by atoms with Gasteiger partial charge in [-0.2, -0.15) is 0 Å². The SMILES string of the molecule is CCCNC(=O)[C@H](Cc1ccccc1)N(Cc1cccc(Cl)c1)C(=O)CN(c1ccc(C)cc1)S(C)(=O)=O. The molecular weight excluding hydrogens is 522 g/mol. The zero-order valence-electron chi connectivity index (χ0n) is 21.9. The van der Waals surface area contributed by atoms with Crippen molar-refractivity contribution in [3.8, 4) is 0 Å². The summed E-state index contributed by atoms with van der Waals surface area (Å²) in [6.45, 7) is 3.95. The third-order valence-electron chi connectivity index (χ3n) is 6.06. The van der Waals surface area contributed by atoms with Crippen LogP contribution < -0.4 is 9.62 Å². The van der Waals surface area contributed by atoms with E-state index in [2.05, 4.69) is 5.32 Å². The number of hydrogen-bond acceptors (Lipinski definition) is 4. The fourth-order valence-electron chi connectivity index (χ4n) is 4.08. The van der Waals surface area contributed by atoms with Gasteiger partial charge in [-0.25, -0.2) is 8.42 Å². The summed E-state index contributed by atoms with van der Waals surface area (Å²) in [6, 6.07) is 22.6. The first-order valence-corrected chi connectivity index (χ1v) is 14.7. The third kappa shape index (κ3) is 8.33. The first-order chi connectivity index (χ1) is 18.1. The topological polar surface area (TPSA) is 86.8 Å². The highest BCUT2D eigenvalue weighted by atomic mass is 35.5. The maximum absolute atomic E-state index is 13.9. The van der Waals surface area contributed by atoms with Gasteiger partial charge in [-0.15, -0.1) is 0 Å². The van der Waals surface area contributed by atoms with E-state index in [4.69, 9.17) is 11.6 Å². The Kier molecular flexibility index (Phi) is 10.3. The molecule has 7 nitrogen and oxygen atoms in total. The zero-order valence-corrected chi connectivity index (χ0v) is 23.5. The van der Waals surface area contributed by atoms with Gasteiger partial charge in [0.25, 0.3) is 0 Å². The van der Waals surface area contributed by atoms with E-state index < -0.39 is 28.5 Å². The quantitative estimate of drug-likeness (QED) is 0.354. The number of aryl methyl sites for hydroxylation is 1. The van der Waals surface area contributed by atoms with Gasteiger partial charge < -0.3 is 10.2 Å². The number of benzene rings is 3. The Morgan fingerprint density at radius 1 is 0.947 bits per heavy atom. The van der Waals surface area contributed by atoms with Gasteiger partial charge in [0.05, 0.1) is 11.9 Å². The van der Waals surface area contributed by atoms with Crippen LogP contribution in [0.2, 0.25) is 5.02 Å². The van der Waals surface area contributed by atoms with Crippen LogP contribution in [0.4, 0.5) is 5.69 Å². The van der Waals surface area contributed by atoms with E-state index in [1.165, 1.54) is 4.90 Å². The molecule has 3 aromatic rings. The number of halogens is 1. The van der Waals surface area contributed by atoms with Gasteiger partial charge in [-0.1, -0.05) is 78.7 Å². The largest absolute Gasteiger partial charge is 0.354 e. The highest BCUT2D eigenvalue weighted by molar-refractivity contribution is 7.92. The molecule has 3 rings (SSSR count). The number of sulfonamides is 1. The molecule has 0 aliphatic carbocycles. The molecule has 0 fully saturated rings. The molecule has 38 heavy (non-hydrogen) atoms. The number of nitrogens with zero attached hydrogens (tertiary/aromatic N) is 2. The summed E-state index contributed by atoms with van der Waals surface area (Å²) in [5.41, 5.74) is 2.95. The number of carbonyl (C=O) groups is 2. The van der Waals surface area contributed by atoms with Crippen molar-refractivity contribution in [3.05, 3.63) is 101 Å². The summed E-state index contributed by atoms with van der Waals surface area (Å²) < 4.78 is 26.6. The lowest BCUT2D eigenvalue weighted by Crippen LogP contribution is -2.53. The Bertz CT molecular complexity index is 1330. The van der Waals surface area contributed by atoms with Crippen molar-refractivity contribution in [2.24, 2.45) is 0 Å². The second-order valence-corrected chi connectivity index (χ2v) is 11.6. The fourth-order valence-corrected chi connectivity index (χ4v) is 5.14. The van der Waals surface area contributed by atoms with Crippen LogP contribution in [0.25, 0.3) is 0 Å². The number of rotatable bonds is 12. The van der Waals surface area contributed by atoms with Crippen LogP contribution in [0.15, 0.2) is 78.9 Å². The van der Waals surface area contributed by atoms with E-state index in [-0.39, 0.29) is 18.9 Å². The lowest BCUT2D eigenvalue weighted by atomic mass is 10.0. The van der Waals surface area contributed by atoms with E-state index in [1.807, 2.05) is 50.2 Å². The van der Waals surface area contributed by atoms with E-state index in [1.54, 1.807) is 42.5 Å².